The van der Waals surface area contributed by atoms with Crippen LogP contribution in [0.2, 0.25) is 0 Å². The number of nitrogens with zero attached hydrogens (tertiary/aromatic N) is 2. The van der Waals surface area contributed by atoms with E-state index in [-0.39, 0.29) is 0 Å². The summed E-state index contributed by atoms with van der Waals surface area (Å²) < 4.78 is 10.7. The van der Waals surface area contributed by atoms with Crippen LogP contribution in [0.25, 0.3) is 0 Å². The minimum absolute atomic E-state index is 0.690. The number of hydrogen-bond acceptors (Lipinski definition) is 4. The van der Waals surface area contributed by atoms with Crippen molar-refractivity contribution in [3.63, 3.8) is 0 Å². The molecule has 5 heteroatoms. The largest absolute Gasteiger partial charge is 0.493 e. The Morgan fingerprint density at radius 2 is 2.00 bits per heavy atom. The molecule has 5 nitrogen and oxygen atoms in total. The van der Waals surface area contributed by atoms with Gasteiger partial charge in [0.2, 0.25) is 0 Å². The molecule has 0 aliphatic carbocycles. The summed E-state index contributed by atoms with van der Waals surface area (Å²) >= 11 is 0. The van der Waals surface area contributed by atoms with E-state index in [1.807, 2.05) is 6.07 Å². The van der Waals surface area contributed by atoms with Gasteiger partial charge in [-0.1, -0.05) is 6.07 Å². The van der Waals surface area contributed by atoms with Crippen molar-refractivity contribution in [3.05, 3.63) is 40.7 Å². The lowest BCUT2D eigenvalue weighted by molar-refractivity contribution is 0.315. The lowest BCUT2D eigenvalue weighted by atomic mass is 9.98. The molecule has 1 aromatic carbocycles. The topological polar surface area (TPSA) is 50.4 Å². The highest BCUT2D eigenvalue weighted by Gasteiger charge is 2.24. The number of benzene rings is 1. The normalized spacial score (nSPS) is 18.1. The van der Waals surface area contributed by atoms with Crippen molar-refractivity contribution in [2.45, 2.75) is 33.2 Å². The molecule has 2 heterocycles. The van der Waals surface area contributed by atoms with Crippen molar-refractivity contribution in [3.8, 4) is 11.5 Å². The van der Waals surface area contributed by atoms with Gasteiger partial charge in [0.15, 0.2) is 11.5 Å². The molecule has 0 spiro atoms. The third-order valence-corrected chi connectivity index (χ3v) is 5.00. The van der Waals surface area contributed by atoms with Gasteiger partial charge in [0.25, 0.3) is 0 Å². The van der Waals surface area contributed by atoms with E-state index in [4.69, 9.17) is 9.47 Å². The minimum atomic E-state index is 0.690. The maximum atomic E-state index is 5.41. The summed E-state index contributed by atoms with van der Waals surface area (Å²) in [5, 5.41) is 7.39. The van der Waals surface area contributed by atoms with Crippen molar-refractivity contribution in [2.24, 2.45) is 5.92 Å². The molecule has 2 aromatic rings. The van der Waals surface area contributed by atoms with Crippen LogP contribution < -0.4 is 9.47 Å². The first-order valence-corrected chi connectivity index (χ1v) is 8.54. The molecule has 0 amide bonds. The van der Waals surface area contributed by atoms with E-state index in [1.165, 1.54) is 23.2 Å². The van der Waals surface area contributed by atoms with Crippen LogP contribution in [-0.4, -0.2) is 42.4 Å². The van der Waals surface area contributed by atoms with E-state index < -0.39 is 0 Å². The first kappa shape index (κ1) is 16.8. The SMILES string of the molecule is COc1ccc(CC2CCN(Cc3c(C)n[nH]c3C)C2)cc1OC. The second-order valence-electron chi connectivity index (χ2n) is 6.70. The molecule has 130 valence electrons. The van der Waals surface area contributed by atoms with Crippen molar-refractivity contribution in [1.29, 1.82) is 0 Å². The zero-order valence-electron chi connectivity index (χ0n) is 15.1. The maximum absolute atomic E-state index is 5.41. The van der Waals surface area contributed by atoms with Crippen molar-refractivity contribution in [1.82, 2.24) is 15.1 Å². The zero-order chi connectivity index (χ0) is 17.1. The Morgan fingerprint density at radius 3 is 2.67 bits per heavy atom. The van der Waals surface area contributed by atoms with E-state index in [0.717, 1.165) is 43.2 Å². The summed E-state index contributed by atoms with van der Waals surface area (Å²) in [5.74, 6) is 2.30. The Labute approximate surface area is 144 Å². The minimum Gasteiger partial charge on any atom is -0.493 e. The molecule has 1 fully saturated rings. The van der Waals surface area contributed by atoms with E-state index >= 15 is 0 Å². The third kappa shape index (κ3) is 3.56. The number of hydrogen-bond donors (Lipinski definition) is 1. The number of rotatable bonds is 6. The van der Waals surface area contributed by atoms with E-state index in [2.05, 4.69) is 41.1 Å². The highest BCUT2D eigenvalue weighted by Crippen LogP contribution is 2.30. The van der Waals surface area contributed by atoms with Gasteiger partial charge in [-0.2, -0.15) is 5.10 Å². The molecule has 0 radical (unpaired) electrons. The number of aryl methyl sites for hydroxylation is 2. The quantitative estimate of drug-likeness (QED) is 0.885. The summed E-state index contributed by atoms with van der Waals surface area (Å²) in [6.45, 7) is 7.47. The van der Waals surface area contributed by atoms with Crippen molar-refractivity contribution in [2.75, 3.05) is 27.3 Å². The maximum Gasteiger partial charge on any atom is 0.160 e. The second kappa shape index (κ2) is 7.26. The van der Waals surface area contributed by atoms with Gasteiger partial charge in [0.1, 0.15) is 0 Å². The predicted molar refractivity (Wildman–Crippen MR) is 94.7 cm³/mol. The first-order valence-electron chi connectivity index (χ1n) is 8.54. The van der Waals surface area contributed by atoms with Gasteiger partial charge in [0.05, 0.1) is 19.9 Å². The third-order valence-electron chi connectivity index (χ3n) is 5.00. The van der Waals surface area contributed by atoms with Crippen LogP contribution in [0, 0.1) is 19.8 Å². The fraction of sp³-hybridized carbons (Fsp3) is 0.526. The zero-order valence-corrected chi connectivity index (χ0v) is 15.1. The summed E-state index contributed by atoms with van der Waals surface area (Å²) in [6, 6.07) is 6.25. The molecular weight excluding hydrogens is 302 g/mol. The average molecular weight is 329 g/mol. The van der Waals surface area contributed by atoms with Gasteiger partial charge in [-0.25, -0.2) is 0 Å². The molecule has 24 heavy (non-hydrogen) atoms. The Bertz CT molecular complexity index is 676. The van der Waals surface area contributed by atoms with Crippen LogP contribution >= 0.6 is 0 Å². The predicted octanol–water partition coefficient (Wildman–Crippen LogP) is 3.11. The standard InChI is InChI=1S/C19H27N3O2/c1-13-17(14(2)21-20-13)12-22-8-7-16(11-22)9-15-5-6-18(23-3)19(10-15)24-4/h5-6,10,16H,7-9,11-12H2,1-4H3,(H,20,21). The smallest absolute Gasteiger partial charge is 0.160 e. The second-order valence-corrected chi connectivity index (χ2v) is 6.70. The van der Waals surface area contributed by atoms with Gasteiger partial charge < -0.3 is 9.47 Å². The molecule has 1 saturated heterocycles. The van der Waals surface area contributed by atoms with E-state index in [1.54, 1.807) is 14.2 Å². The summed E-state index contributed by atoms with van der Waals surface area (Å²) in [6.07, 6.45) is 2.32. The van der Waals surface area contributed by atoms with Crippen LogP contribution in [0.3, 0.4) is 0 Å². The lowest BCUT2D eigenvalue weighted by Gasteiger charge is -2.17. The first-order chi connectivity index (χ1) is 11.6. The Morgan fingerprint density at radius 1 is 1.21 bits per heavy atom. The number of nitrogens with one attached hydrogen (secondary N) is 1. The summed E-state index contributed by atoms with van der Waals surface area (Å²) in [5.41, 5.74) is 4.98. The Kier molecular flexibility index (Phi) is 5.09. The van der Waals surface area contributed by atoms with Crippen LogP contribution in [0.4, 0.5) is 0 Å². The lowest BCUT2D eigenvalue weighted by Crippen LogP contribution is -2.21. The van der Waals surface area contributed by atoms with E-state index in [9.17, 15) is 0 Å². The highest BCUT2D eigenvalue weighted by molar-refractivity contribution is 5.43. The van der Waals surface area contributed by atoms with Gasteiger partial charge in [0, 0.05) is 24.3 Å². The number of aromatic nitrogens is 2. The van der Waals surface area contributed by atoms with Crippen LogP contribution in [0.15, 0.2) is 18.2 Å². The monoisotopic (exact) mass is 329 g/mol. The molecule has 0 saturated carbocycles. The number of aromatic amines is 1. The Hall–Kier alpha value is -2.01. The van der Waals surface area contributed by atoms with Crippen LogP contribution in [-0.2, 0) is 13.0 Å². The summed E-state index contributed by atoms with van der Waals surface area (Å²) in [7, 11) is 3.36. The van der Waals surface area contributed by atoms with Gasteiger partial charge in [-0.05, 0) is 56.8 Å². The Balaban J connectivity index is 1.60. The van der Waals surface area contributed by atoms with Gasteiger partial charge >= 0.3 is 0 Å². The molecular formula is C19H27N3O2. The molecule has 1 aliphatic rings. The molecule has 1 atom stereocenters. The van der Waals surface area contributed by atoms with Crippen molar-refractivity contribution >= 4 is 0 Å². The fourth-order valence-corrected chi connectivity index (χ4v) is 3.59. The molecule has 0 bridgehead atoms. The van der Waals surface area contributed by atoms with Gasteiger partial charge in [-0.15, -0.1) is 0 Å². The van der Waals surface area contributed by atoms with Crippen LogP contribution in [0.5, 0.6) is 11.5 Å². The number of H-pyrrole nitrogens is 1. The van der Waals surface area contributed by atoms with E-state index in [0.29, 0.717) is 5.92 Å². The molecule has 1 aromatic heterocycles. The number of ether oxygens (including phenoxy) is 2. The highest BCUT2D eigenvalue weighted by atomic mass is 16.5. The number of methoxy groups -OCH3 is 2. The summed E-state index contributed by atoms with van der Waals surface area (Å²) in [4.78, 5) is 2.54. The average Bonchev–Trinajstić information content (AvgIpc) is 3.16. The molecule has 1 N–H and O–H groups in total. The molecule has 1 unspecified atom stereocenters. The fourth-order valence-electron chi connectivity index (χ4n) is 3.59. The molecule has 3 rings (SSSR count). The van der Waals surface area contributed by atoms with Crippen molar-refractivity contribution < 1.29 is 9.47 Å². The molecule has 1 aliphatic heterocycles. The van der Waals surface area contributed by atoms with Gasteiger partial charge in [-0.3, -0.25) is 10.00 Å². The van der Waals surface area contributed by atoms with Crippen LogP contribution in [0.1, 0.15) is 28.9 Å². The number of likely N-dealkylation sites (tertiary alicyclic amines) is 1.